The van der Waals surface area contributed by atoms with Gasteiger partial charge in [0.1, 0.15) is 0 Å². The van der Waals surface area contributed by atoms with E-state index >= 15 is 0 Å². The van der Waals surface area contributed by atoms with E-state index in [4.69, 9.17) is 4.84 Å². The van der Waals surface area contributed by atoms with E-state index in [0.717, 1.165) is 25.0 Å². The van der Waals surface area contributed by atoms with Crippen molar-refractivity contribution in [3.8, 4) is 22.3 Å². The summed E-state index contributed by atoms with van der Waals surface area (Å²) in [7, 11) is 3.08. The van der Waals surface area contributed by atoms with Crippen molar-refractivity contribution in [1.82, 2.24) is 5.48 Å². The van der Waals surface area contributed by atoms with Crippen molar-refractivity contribution in [3.05, 3.63) is 119 Å². The lowest BCUT2D eigenvalue weighted by Gasteiger charge is -2.28. The smallest absolute Gasteiger partial charge is 0.273 e. The van der Waals surface area contributed by atoms with Crippen LogP contribution in [-0.2, 0) is 16.2 Å². The molecule has 2 atom stereocenters. The summed E-state index contributed by atoms with van der Waals surface area (Å²) in [4.78, 5) is 18.5. The molecule has 39 heavy (non-hydrogen) atoms. The van der Waals surface area contributed by atoms with Crippen LogP contribution in [0.3, 0.4) is 0 Å². The first kappa shape index (κ1) is 27.1. The van der Waals surface area contributed by atoms with E-state index in [0.29, 0.717) is 23.3 Å². The van der Waals surface area contributed by atoms with E-state index in [1.54, 1.807) is 24.3 Å². The Bertz CT molecular complexity index is 1440. The highest BCUT2D eigenvalue weighted by molar-refractivity contribution is 7.19. The van der Waals surface area contributed by atoms with Crippen LogP contribution in [0.2, 0.25) is 0 Å². The molecular formula is C32H29F3NO2P. The summed E-state index contributed by atoms with van der Waals surface area (Å²) in [5, 5.41) is -0.175. The van der Waals surface area contributed by atoms with Crippen LogP contribution >= 0.6 is 9.24 Å². The van der Waals surface area contributed by atoms with Gasteiger partial charge in [0, 0.05) is 10.7 Å². The lowest BCUT2D eigenvalue weighted by atomic mass is 9.88. The number of alkyl halides is 3. The van der Waals surface area contributed by atoms with E-state index in [-0.39, 0.29) is 11.1 Å². The molecular weight excluding hydrogens is 518 g/mol. The predicted molar refractivity (Wildman–Crippen MR) is 151 cm³/mol. The summed E-state index contributed by atoms with van der Waals surface area (Å²) in [5.41, 5.74) is 8.31. The SMILES string of the molecule is CC(CCC1(P)c2ccccc2-c2ccccc21)CONC(=O)c1ccccc1-c1ccc(C(F)(F)F)cc1. The van der Waals surface area contributed by atoms with E-state index in [1.165, 1.54) is 34.4 Å². The van der Waals surface area contributed by atoms with Crippen LogP contribution in [-0.4, -0.2) is 12.5 Å². The van der Waals surface area contributed by atoms with Gasteiger partial charge in [0.05, 0.1) is 12.2 Å². The highest BCUT2D eigenvalue weighted by Crippen LogP contribution is 2.55. The molecule has 200 valence electrons. The van der Waals surface area contributed by atoms with Crippen molar-refractivity contribution < 1.29 is 22.8 Å². The standard InChI is InChI=1S/C32H29F3NO2P/c1-21(18-19-31(39)28-12-6-4-9-25(28)26-10-5-7-13-29(26)31)20-38-36-30(37)27-11-3-2-8-24(27)22-14-16-23(17-15-22)32(33,34)35/h2-17,21H,18-20,39H2,1H3,(H,36,37). The van der Waals surface area contributed by atoms with Gasteiger partial charge in [-0.2, -0.15) is 13.2 Å². The minimum atomic E-state index is -4.42. The number of halogens is 3. The average Bonchev–Trinajstić information content (AvgIpc) is 3.20. The topological polar surface area (TPSA) is 38.3 Å². The molecule has 0 radical (unpaired) electrons. The van der Waals surface area contributed by atoms with E-state index in [1.807, 2.05) is 0 Å². The lowest BCUT2D eigenvalue weighted by molar-refractivity contribution is -0.137. The van der Waals surface area contributed by atoms with Gasteiger partial charge in [-0.25, -0.2) is 5.48 Å². The molecule has 4 aromatic carbocycles. The molecule has 1 amide bonds. The normalized spacial score (nSPS) is 14.4. The fourth-order valence-electron chi connectivity index (χ4n) is 5.26. The Hall–Kier alpha value is -3.47. The zero-order chi connectivity index (χ0) is 27.6. The molecule has 0 aliphatic heterocycles. The quantitative estimate of drug-likeness (QED) is 0.178. The third-order valence-electron chi connectivity index (χ3n) is 7.36. The molecule has 0 heterocycles. The highest BCUT2D eigenvalue weighted by atomic mass is 31.0. The number of hydroxylamine groups is 1. The number of amides is 1. The molecule has 0 spiro atoms. The van der Waals surface area contributed by atoms with Crippen molar-refractivity contribution in [2.45, 2.75) is 31.1 Å². The summed E-state index contributed by atoms with van der Waals surface area (Å²) in [6, 6.07) is 28.6. The number of nitrogens with one attached hydrogen (secondary N) is 1. The molecule has 0 bridgehead atoms. The fraction of sp³-hybridized carbons (Fsp3) is 0.219. The first-order valence-electron chi connectivity index (χ1n) is 12.9. The second-order valence-electron chi connectivity index (χ2n) is 10.1. The number of rotatable bonds is 8. The van der Waals surface area contributed by atoms with Crippen molar-refractivity contribution in [2.24, 2.45) is 5.92 Å². The highest BCUT2D eigenvalue weighted by Gasteiger charge is 2.39. The van der Waals surface area contributed by atoms with Crippen LogP contribution < -0.4 is 5.48 Å². The van der Waals surface area contributed by atoms with E-state index < -0.39 is 17.6 Å². The molecule has 0 saturated heterocycles. The first-order valence-corrected chi connectivity index (χ1v) is 13.4. The van der Waals surface area contributed by atoms with Gasteiger partial charge < -0.3 is 0 Å². The molecule has 2 unspecified atom stereocenters. The van der Waals surface area contributed by atoms with E-state index in [2.05, 4.69) is 70.2 Å². The van der Waals surface area contributed by atoms with Crippen LogP contribution in [0, 0.1) is 5.92 Å². The van der Waals surface area contributed by atoms with Crippen LogP contribution in [0.4, 0.5) is 13.2 Å². The van der Waals surface area contributed by atoms with Crippen molar-refractivity contribution >= 4 is 15.1 Å². The maximum Gasteiger partial charge on any atom is 0.416 e. The van der Waals surface area contributed by atoms with Crippen molar-refractivity contribution in [2.75, 3.05) is 6.61 Å². The fourth-order valence-corrected chi connectivity index (χ4v) is 5.93. The number of fused-ring (bicyclic) bond motifs is 3. The largest absolute Gasteiger partial charge is 0.416 e. The predicted octanol–water partition coefficient (Wildman–Crippen LogP) is 8.25. The molecule has 3 nitrogen and oxygen atoms in total. The number of carbonyl (C=O) groups is 1. The second kappa shape index (κ2) is 11.0. The zero-order valence-corrected chi connectivity index (χ0v) is 22.6. The zero-order valence-electron chi connectivity index (χ0n) is 21.5. The van der Waals surface area contributed by atoms with Gasteiger partial charge in [-0.15, -0.1) is 9.24 Å². The Kier molecular flexibility index (Phi) is 7.61. The maximum absolute atomic E-state index is 12.9. The Morgan fingerprint density at radius 2 is 1.38 bits per heavy atom. The molecule has 1 aliphatic carbocycles. The lowest BCUT2D eigenvalue weighted by Crippen LogP contribution is -2.27. The molecule has 1 aliphatic rings. The maximum atomic E-state index is 12.9. The van der Waals surface area contributed by atoms with Gasteiger partial charge in [-0.3, -0.25) is 9.63 Å². The minimum Gasteiger partial charge on any atom is -0.273 e. The average molecular weight is 548 g/mol. The van der Waals surface area contributed by atoms with Gasteiger partial charge in [-0.05, 0) is 70.3 Å². The summed E-state index contributed by atoms with van der Waals surface area (Å²) in [5.74, 6) is -0.272. The third kappa shape index (κ3) is 5.50. The molecule has 0 saturated carbocycles. The molecule has 0 fully saturated rings. The Labute approximate surface area is 228 Å². The van der Waals surface area contributed by atoms with Crippen LogP contribution in [0.5, 0.6) is 0 Å². The summed E-state index contributed by atoms with van der Waals surface area (Å²) >= 11 is 0. The van der Waals surface area contributed by atoms with Crippen LogP contribution in [0.1, 0.15) is 46.8 Å². The van der Waals surface area contributed by atoms with Crippen molar-refractivity contribution in [1.29, 1.82) is 0 Å². The first-order chi connectivity index (χ1) is 18.7. The summed E-state index contributed by atoms with van der Waals surface area (Å²) in [6.07, 6.45) is -2.63. The Balaban J connectivity index is 1.20. The van der Waals surface area contributed by atoms with Gasteiger partial charge in [-0.1, -0.05) is 85.8 Å². The van der Waals surface area contributed by atoms with Gasteiger partial charge >= 0.3 is 6.18 Å². The monoisotopic (exact) mass is 547 g/mol. The summed E-state index contributed by atoms with van der Waals surface area (Å²) < 4.78 is 38.8. The molecule has 4 aromatic rings. The molecule has 7 heteroatoms. The van der Waals surface area contributed by atoms with Gasteiger partial charge in [0.2, 0.25) is 0 Å². The molecule has 0 aromatic heterocycles. The number of carbonyl (C=O) groups excluding carboxylic acids is 1. The minimum absolute atomic E-state index is 0.174. The van der Waals surface area contributed by atoms with Crippen molar-refractivity contribution in [3.63, 3.8) is 0 Å². The number of hydrogen-bond donors (Lipinski definition) is 1. The summed E-state index contributed by atoms with van der Waals surface area (Å²) in [6.45, 7) is 2.42. The van der Waals surface area contributed by atoms with Crippen LogP contribution in [0.25, 0.3) is 22.3 Å². The number of benzene rings is 4. The Morgan fingerprint density at radius 3 is 1.97 bits per heavy atom. The number of hydrogen-bond acceptors (Lipinski definition) is 2. The second-order valence-corrected chi connectivity index (χ2v) is 11.1. The van der Waals surface area contributed by atoms with Gasteiger partial charge in [0.25, 0.3) is 5.91 Å². The molecule has 5 rings (SSSR count). The third-order valence-corrected chi connectivity index (χ3v) is 8.28. The van der Waals surface area contributed by atoms with E-state index in [9.17, 15) is 18.0 Å². The Morgan fingerprint density at radius 1 is 0.846 bits per heavy atom. The van der Waals surface area contributed by atoms with Crippen LogP contribution in [0.15, 0.2) is 97.1 Å². The van der Waals surface area contributed by atoms with Gasteiger partial charge in [0.15, 0.2) is 0 Å². The molecule has 1 N–H and O–H groups in total.